The molecule has 4 heterocycles. The van der Waals surface area contributed by atoms with Crippen molar-refractivity contribution in [1.29, 1.82) is 0 Å². The summed E-state index contributed by atoms with van der Waals surface area (Å²) in [6.45, 7) is -0.0112. The number of imidazole rings is 1. The van der Waals surface area contributed by atoms with Gasteiger partial charge in [0.05, 0.1) is 0 Å². The molecule has 2 aromatic heterocycles. The fourth-order valence-corrected chi connectivity index (χ4v) is 3.81. The SMILES string of the molecule is [B][P+]1(O)OC[C@H]2O[C@@H](n3c(N)nc4c(N)ncnc43)C(O)[C@@H]2O1. The first-order chi connectivity index (χ1) is 10.9. The van der Waals surface area contributed by atoms with Crippen molar-refractivity contribution in [2.75, 3.05) is 18.1 Å². The summed E-state index contributed by atoms with van der Waals surface area (Å²) in [5, 5.41) is 10.5. The minimum atomic E-state index is -3.46. The third-order valence-electron chi connectivity index (χ3n) is 3.79. The predicted molar refractivity (Wildman–Crippen MR) is 79.8 cm³/mol. The molecule has 2 fully saturated rings. The zero-order valence-corrected chi connectivity index (χ0v) is 12.6. The largest absolute Gasteiger partial charge is 0.488 e. The van der Waals surface area contributed by atoms with Crippen molar-refractivity contribution in [2.24, 2.45) is 0 Å². The number of fused-ring (bicyclic) bond motifs is 2. The average molecular weight is 339 g/mol. The van der Waals surface area contributed by atoms with Crippen molar-refractivity contribution in [3.63, 3.8) is 0 Å². The highest BCUT2D eigenvalue weighted by Gasteiger charge is 2.57. The zero-order valence-electron chi connectivity index (χ0n) is 11.7. The van der Waals surface area contributed by atoms with Gasteiger partial charge in [0, 0.05) is 0 Å². The molecular weight excluding hydrogens is 326 g/mol. The van der Waals surface area contributed by atoms with Crippen molar-refractivity contribution in [2.45, 2.75) is 24.5 Å². The summed E-state index contributed by atoms with van der Waals surface area (Å²) in [4.78, 5) is 21.7. The first kappa shape index (κ1) is 15.0. The normalized spacial score (nSPS) is 37.1. The van der Waals surface area contributed by atoms with E-state index in [0.29, 0.717) is 11.2 Å². The van der Waals surface area contributed by atoms with Gasteiger partial charge >= 0.3 is 15.4 Å². The van der Waals surface area contributed by atoms with Gasteiger partial charge in [0.25, 0.3) is 0 Å². The van der Waals surface area contributed by atoms with Crippen LogP contribution in [0.25, 0.3) is 11.2 Å². The molecule has 2 radical (unpaired) electrons. The van der Waals surface area contributed by atoms with Gasteiger partial charge in [0.1, 0.15) is 25.1 Å². The summed E-state index contributed by atoms with van der Waals surface area (Å²) >= 11 is 0. The molecule has 13 heteroatoms. The van der Waals surface area contributed by atoms with Gasteiger partial charge in [-0.05, 0) is 0 Å². The van der Waals surface area contributed by atoms with Crippen LogP contribution in [0.3, 0.4) is 0 Å². The smallest absolute Gasteiger partial charge is 0.385 e. The first-order valence-corrected chi connectivity index (χ1v) is 8.33. The fourth-order valence-electron chi connectivity index (χ4n) is 2.78. The average Bonchev–Trinajstić information content (AvgIpc) is 2.97. The maximum Gasteiger partial charge on any atom is 0.488 e. The topological polar surface area (TPSA) is 164 Å². The molecule has 2 unspecified atom stereocenters. The quantitative estimate of drug-likeness (QED) is 0.355. The highest BCUT2D eigenvalue weighted by molar-refractivity contribution is 7.85. The Bertz CT molecular complexity index is 774. The summed E-state index contributed by atoms with van der Waals surface area (Å²) in [6, 6.07) is 0. The minimum absolute atomic E-state index is 0.0112. The van der Waals surface area contributed by atoms with Crippen LogP contribution in [0.1, 0.15) is 6.23 Å². The Balaban J connectivity index is 1.75. The summed E-state index contributed by atoms with van der Waals surface area (Å²) in [6.07, 6.45) is -2.31. The number of aliphatic hydroxyl groups is 1. The Morgan fingerprint density at radius 3 is 2.96 bits per heavy atom. The van der Waals surface area contributed by atoms with Crippen LogP contribution >= 0.6 is 7.82 Å². The standard InChI is InChI=1S/C10H13BN6O5P/c11-23(19)20-1-3-6(22-23)5(18)9(21-3)17-8-4(16-10(17)13)7(12)14-2-15-8/h2-3,5-6,9,18-19H,1H2,(H2,13,16)(H2,12,14,15)/q+1/t3-,5?,6-,9-,23?/m1/s1. The number of ether oxygens (including phenoxy) is 1. The molecule has 0 saturated carbocycles. The molecule has 4 rings (SSSR count). The zero-order chi connectivity index (χ0) is 16.4. The van der Waals surface area contributed by atoms with Gasteiger partial charge < -0.3 is 21.3 Å². The van der Waals surface area contributed by atoms with Crippen LogP contribution in [0, 0.1) is 0 Å². The lowest BCUT2D eigenvalue weighted by atomic mass is 10.1. The second kappa shape index (κ2) is 4.97. The van der Waals surface area contributed by atoms with E-state index in [2.05, 4.69) is 15.0 Å². The van der Waals surface area contributed by atoms with Gasteiger partial charge in [0.2, 0.25) is 5.95 Å². The monoisotopic (exact) mass is 339 g/mol. The number of rotatable bonds is 1. The van der Waals surface area contributed by atoms with E-state index in [0.717, 1.165) is 0 Å². The fraction of sp³-hybridized carbons (Fsp3) is 0.500. The molecule has 0 spiro atoms. The predicted octanol–water partition coefficient (Wildman–Crippen LogP) is -1.50. The molecule has 0 amide bonds. The molecule has 0 bridgehead atoms. The molecule has 5 atom stereocenters. The van der Waals surface area contributed by atoms with Crippen LogP contribution in [-0.2, 0) is 13.8 Å². The van der Waals surface area contributed by atoms with E-state index in [1.807, 2.05) is 0 Å². The van der Waals surface area contributed by atoms with Crippen LogP contribution in [0.5, 0.6) is 0 Å². The van der Waals surface area contributed by atoms with Crippen molar-refractivity contribution < 1.29 is 23.8 Å². The summed E-state index contributed by atoms with van der Waals surface area (Å²) < 4.78 is 17.4. The van der Waals surface area contributed by atoms with Crippen LogP contribution in [0.2, 0.25) is 0 Å². The minimum Gasteiger partial charge on any atom is -0.385 e. The number of nitrogen functional groups attached to an aromatic ring is 2. The van der Waals surface area contributed by atoms with Gasteiger partial charge in [-0.25, -0.2) is 19.8 Å². The second-order valence-electron chi connectivity index (χ2n) is 5.26. The maximum absolute atomic E-state index is 10.5. The van der Waals surface area contributed by atoms with E-state index in [-0.39, 0.29) is 18.4 Å². The Labute approximate surface area is 131 Å². The van der Waals surface area contributed by atoms with Gasteiger partial charge in [-0.15, -0.1) is 0 Å². The van der Waals surface area contributed by atoms with E-state index in [4.69, 9.17) is 32.8 Å². The van der Waals surface area contributed by atoms with E-state index < -0.39 is 32.4 Å². The first-order valence-electron chi connectivity index (χ1n) is 6.68. The number of aliphatic hydroxyl groups excluding tert-OH is 1. The van der Waals surface area contributed by atoms with Gasteiger partial charge in [-0.1, -0.05) is 0 Å². The summed E-state index contributed by atoms with van der Waals surface area (Å²) in [5.74, 6) is 0.209. The third kappa shape index (κ3) is 2.26. The highest BCUT2D eigenvalue weighted by atomic mass is 31.2. The molecule has 0 aromatic carbocycles. The molecule has 11 nitrogen and oxygen atoms in total. The lowest BCUT2D eigenvalue weighted by Gasteiger charge is -2.27. The second-order valence-corrected chi connectivity index (χ2v) is 6.85. The van der Waals surface area contributed by atoms with Crippen molar-refractivity contribution in [3.05, 3.63) is 6.33 Å². The molecule has 2 aliphatic rings. The molecule has 120 valence electrons. The summed E-state index contributed by atoms with van der Waals surface area (Å²) in [5.41, 5.74) is 12.3. The maximum atomic E-state index is 10.5. The van der Waals surface area contributed by atoms with Crippen LogP contribution in [0.4, 0.5) is 11.8 Å². The number of nitrogens with two attached hydrogens (primary N) is 2. The van der Waals surface area contributed by atoms with Crippen LogP contribution < -0.4 is 11.5 Å². The Morgan fingerprint density at radius 2 is 2.17 bits per heavy atom. The number of hydrogen-bond acceptors (Lipinski definition) is 10. The molecule has 23 heavy (non-hydrogen) atoms. The number of aromatic nitrogens is 4. The highest BCUT2D eigenvalue weighted by Crippen LogP contribution is 2.58. The van der Waals surface area contributed by atoms with Crippen molar-refractivity contribution in [1.82, 2.24) is 19.5 Å². The molecule has 0 aliphatic carbocycles. The van der Waals surface area contributed by atoms with Crippen LogP contribution in [-0.4, -0.2) is 62.0 Å². The Morgan fingerprint density at radius 1 is 1.39 bits per heavy atom. The van der Waals surface area contributed by atoms with Gasteiger partial charge in [0.15, 0.2) is 29.3 Å². The molecule has 2 saturated heterocycles. The Hall–Kier alpha value is -1.56. The van der Waals surface area contributed by atoms with Crippen LogP contribution in [0.15, 0.2) is 6.33 Å². The number of hydrogen-bond donors (Lipinski definition) is 4. The summed E-state index contributed by atoms with van der Waals surface area (Å²) in [7, 11) is 2.02. The molecular formula is C10H13BN6O5P+. The van der Waals surface area contributed by atoms with E-state index >= 15 is 0 Å². The Kier molecular flexibility index (Phi) is 3.24. The number of nitrogens with zero attached hydrogens (tertiary/aromatic N) is 4. The van der Waals surface area contributed by atoms with E-state index in [1.165, 1.54) is 10.9 Å². The lowest BCUT2D eigenvalue weighted by molar-refractivity contribution is -0.0596. The van der Waals surface area contributed by atoms with Crippen molar-refractivity contribution >= 4 is 38.3 Å². The lowest BCUT2D eigenvalue weighted by Crippen LogP contribution is -2.40. The van der Waals surface area contributed by atoms with Gasteiger partial charge in [-0.2, -0.15) is 9.05 Å². The van der Waals surface area contributed by atoms with E-state index in [9.17, 15) is 10.00 Å². The molecule has 6 N–H and O–H groups in total. The third-order valence-corrected chi connectivity index (χ3v) is 4.86. The molecule has 2 aliphatic heterocycles. The molecule has 2 aromatic rings. The number of anilines is 2. The van der Waals surface area contributed by atoms with E-state index in [1.54, 1.807) is 0 Å². The van der Waals surface area contributed by atoms with Crippen molar-refractivity contribution in [3.8, 4) is 0 Å². The van der Waals surface area contributed by atoms with Gasteiger partial charge in [-0.3, -0.25) is 4.57 Å².